The van der Waals surface area contributed by atoms with Crippen LogP contribution in [0.2, 0.25) is 0 Å². The van der Waals surface area contributed by atoms with Gasteiger partial charge >= 0.3 is 18.3 Å². The fourth-order valence-corrected chi connectivity index (χ4v) is 5.43. The first-order chi connectivity index (χ1) is 20.2. The molecule has 0 atom stereocenters. The van der Waals surface area contributed by atoms with Crippen molar-refractivity contribution in [3.63, 3.8) is 0 Å². The summed E-state index contributed by atoms with van der Waals surface area (Å²) in [5.74, 6) is -1.46. The second-order valence-electron chi connectivity index (χ2n) is 9.42. The molecule has 2 heterocycles. The van der Waals surface area contributed by atoms with Crippen molar-refractivity contribution in [3.8, 4) is 16.9 Å². The number of morpholine rings is 1. The lowest BCUT2D eigenvalue weighted by Crippen LogP contribution is -2.42. The number of nitrogens with zero attached hydrogens (tertiary/aromatic N) is 2. The highest BCUT2D eigenvalue weighted by atomic mass is 32.2. The number of carboxylic acid groups (broad SMARTS) is 1. The number of thioether (sulfide) groups is 1. The normalized spacial score (nSPS) is 17.6. The Balaban J connectivity index is 1.69. The van der Waals surface area contributed by atoms with Crippen LogP contribution < -0.4 is 10.2 Å². The van der Waals surface area contributed by atoms with Crippen LogP contribution in [0.25, 0.3) is 17.2 Å². The van der Waals surface area contributed by atoms with Crippen molar-refractivity contribution in [1.29, 1.82) is 0 Å². The Morgan fingerprint density at radius 2 is 1.70 bits per heavy atom. The highest BCUT2D eigenvalue weighted by Gasteiger charge is 2.37. The van der Waals surface area contributed by atoms with Gasteiger partial charge < -0.3 is 14.6 Å². The molecule has 0 aromatic heterocycles. The number of hydrogen-bond acceptors (Lipinski definition) is 8. The number of aliphatic carboxylic acids is 1. The molecule has 0 unspecified atom stereocenters. The average Bonchev–Trinajstić information content (AvgIpc) is 3.20. The summed E-state index contributed by atoms with van der Waals surface area (Å²) >= 11 is 6.11. The van der Waals surface area contributed by atoms with Crippen LogP contribution in [0.1, 0.15) is 23.1 Å². The van der Waals surface area contributed by atoms with Crippen molar-refractivity contribution in [2.24, 2.45) is 0 Å². The van der Waals surface area contributed by atoms with Gasteiger partial charge in [-0.2, -0.15) is 26.3 Å². The van der Waals surface area contributed by atoms with Crippen molar-refractivity contribution in [3.05, 3.63) is 58.0 Å². The number of thiocarbonyl (C=S) groups is 1. The van der Waals surface area contributed by atoms with Crippen LogP contribution >= 0.6 is 24.0 Å². The van der Waals surface area contributed by atoms with Crippen molar-refractivity contribution in [2.75, 3.05) is 46.0 Å². The monoisotopic (exact) mass is 649 g/mol. The minimum absolute atomic E-state index is 0.0263. The molecule has 0 aliphatic carbocycles. The lowest BCUT2D eigenvalue weighted by atomic mass is 9.97. The third-order valence-corrected chi connectivity index (χ3v) is 7.69. The Hall–Kier alpha value is -3.18. The van der Waals surface area contributed by atoms with Gasteiger partial charge in [0.25, 0.3) is 5.91 Å². The molecule has 2 aliphatic rings. The van der Waals surface area contributed by atoms with E-state index in [1.165, 1.54) is 24.3 Å². The molecule has 2 saturated heterocycles. The Morgan fingerprint density at radius 1 is 1.05 bits per heavy atom. The fourth-order valence-electron chi connectivity index (χ4n) is 4.22. The molecule has 4 rings (SSSR count). The molecular formula is C27H25F6N3O5S2. The number of carboxylic acids is 1. The first-order valence-corrected chi connectivity index (χ1v) is 14.0. The summed E-state index contributed by atoms with van der Waals surface area (Å²) in [6.45, 7) is 3.19. The van der Waals surface area contributed by atoms with E-state index in [2.05, 4.69) is 10.3 Å². The largest absolute Gasteiger partial charge is 0.492 e. The predicted octanol–water partition coefficient (Wildman–Crippen LogP) is 5.28. The van der Waals surface area contributed by atoms with Crippen molar-refractivity contribution >= 4 is 46.3 Å². The van der Waals surface area contributed by atoms with E-state index in [1.54, 1.807) is 0 Å². The number of nitrogens with one attached hydrogen (secondary N) is 1. The summed E-state index contributed by atoms with van der Waals surface area (Å²) < 4.78 is 92.4. The molecule has 8 nitrogen and oxygen atoms in total. The molecular weight excluding hydrogens is 624 g/mol. The zero-order valence-electron chi connectivity index (χ0n) is 22.3. The summed E-state index contributed by atoms with van der Waals surface area (Å²) in [5.41, 5.74) is -0.377. The maximum atomic E-state index is 13.5. The van der Waals surface area contributed by atoms with Gasteiger partial charge in [-0.15, -0.1) is 0 Å². The van der Waals surface area contributed by atoms with E-state index in [4.69, 9.17) is 26.8 Å². The first kappa shape index (κ1) is 32.7. The standard InChI is InChI=1S/C27H25F6N3O5S2/c28-26(29,30)19-12-17(13-20(15-19)27(31,32)33)16-1-2-21(41-10-7-35-5-8-40-9-6-35)18(11-16)14-22-24(39)36(25(42)43-22)34-4-3-23(37)38/h1-2,11-15,34H,3-10H2,(H,37,38)/b22-14-. The van der Waals surface area contributed by atoms with Gasteiger partial charge in [-0.25, -0.2) is 10.4 Å². The molecule has 232 valence electrons. The minimum Gasteiger partial charge on any atom is -0.492 e. The van der Waals surface area contributed by atoms with E-state index in [1.807, 2.05) is 0 Å². The summed E-state index contributed by atoms with van der Waals surface area (Å²) in [6.07, 6.45) is -8.95. The van der Waals surface area contributed by atoms with Crippen molar-refractivity contribution < 1.29 is 50.5 Å². The average molecular weight is 650 g/mol. The summed E-state index contributed by atoms with van der Waals surface area (Å²) in [5, 5.41) is 9.85. The van der Waals surface area contributed by atoms with Gasteiger partial charge in [-0.05, 0) is 47.5 Å². The number of amides is 1. The number of carbonyl (C=O) groups excluding carboxylic acids is 1. The molecule has 2 aliphatic heterocycles. The minimum atomic E-state index is -5.02. The highest BCUT2D eigenvalue weighted by Crippen LogP contribution is 2.40. The van der Waals surface area contributed by atoms with Gasteiger partial charge in [0.05, 0.1) is 35.7 Å². The van der Waals surface area contributed by atoms with Gasteiger partial charge in [-0.1, -0.05) is 30.0 Å². The molecule has 2 N–H and O–H groups in total. The Kier molecular flexibility index (Phi) is 10.4. The lowest BCUT2D eigenvalue weighted by Gasteiger charge is -2.26. The smallest absolute Gasteiger partial charge is 0.416 e. The zero-order chi connectivity index (χ0) is 31.4. The molecule has 16 heteroatoms. The lowest BCUT2D eigenvalue weighted by molar-refractivity contribution is -0.143. The van der Waals surface area contributed by atoms with Crippen molar-refractivity contribution in [2.45, 2.75) is 18.8 Å². The summed E-state index contributed by atoms with van der Waals surface area (Å²) in [6, 6.07) is 5.40. The van der Waals surface area contributed by atoms with Gasteiger partial charge in [0.15, 0.2) is 4.32 Å². The molecule has 43 heavy (non-hydrogen) atoms. The molecule has 2 aromatic carbocycles. The second kappa shape index (κ2) is 13.6. The number of carbonyl (C=O) groups is 2. The Labute approximate surface area is 251 Å². The molecule has 0 spiro atoms. The van der Waals surface area contributed by atoms with Crippen LogP contribution in [0, 0.1) is 0 Å². The van der Waals surface area contributed by atoms with Gasteiger partial charge in [0.2, 0.25) is 0 Å². The molecule has 0 saturated carbocycles. The number of hydrogen-bond donors (Lipinski definition) is 2. The van der Waals surface area contributed by atoms with Crippen LogP contribution in [-0.4, -0.2) is 77.2 Å². The van der Waals surface area contributed by atoms with E-state index in [0.29, 0.717) is 45.0 Å². The van der Waals surface area contributed by atoms with E-state index >= 15 is 0 Å². The van der Waals surface area contributed by atoms with Crippen LogP contribution in [0.5, 0.6) is 5.75 Å². The van der Waals surface area contributed by atoms with Crippen molar-refractivity contribution in [1.82, 2.24) is 15.3 Å². The number of benzene rings is 2. The fraction of sp³-hybridized carbons (Fsp3) is 0.370. The molecule has 2 aromatic rings. The quantitative estimate of drug-likeness (QED) is 0.203. The third kappa shape index (κ3) is 8.69. The second-order valence-corrected chi connectivity index (χ2v) is 11.1. The number of hydrazine groups is 1. The highest BCUT2D eigenvalue weighted by molar-refractivity contribution is 8.26. The molecule has 2 fully saturated rings. The van der Waals surface area contributed by atoms with Crippen LogP contribution in [0.3, 0.4) is 0 Å². The number of ether oxygens (including phenoxy) is 2. The third-order valence-electron chi connectivity index (χ3n) is 6.39. The number of rotatable bonds is 10. The van der Waals surface area contributed by atoms with E-state index in [9.17, 15) is 35.9 Å². The van der Waals surface area contributed by atoms with Crippen LogP contribution in [0.15, 0.2) is 41.3 Å². The molecule has 0 bridgehead atoms. The van der Waals surface area contributed by atoms with Gasteiger partial charge in [0, 0.05) is 31.7 Å². The topological polar surface area (TPSA) is 91.3 Å². The number of alkyl halides is 6. The first-order valence-electron chi connectivity index (χ1n) is 12.8. The number of halogens is 6. The van der Waals surface area contributed by atoms with Gasteiger partial charge in [-0.3, -0.25) is 14.5 Å². The molecule has 0 radical (unpaired) electrons. The predicted molar refractivity (Wildman–Crippen MR) is 150 cm³/mol. The molecule has 1 amide bonds. The maximum absolute atomic E-state index is 13.5. The summed E-state index contributed by atoms with van der Waals surface area (Å²) in [7, 11) is 0. The van der Waals surface area contributed by atoms with E-state index in [-0.39, 0.29) is 57.3 Å². The zero-order valence-corrected chi connectivity index (χ0v) is 23.9. The maximum Gasteiger partial charge on any atom is 0.416 e. The Morgan fingerprint density at radius 3 is 2.30 bits per heavy atom. The summed E-state index contributed by atoms with van der Waals surface area (Å²) in [4.78, 5) is 26.0. The van der Waals surface area contributed by atoms with Gasteiger partial charge in [0.1, 0.15) is 12.4 Å². The Bertz CT molecular complexity index is 1380. The van der Waals surface area contributed by atoms with E-state index < -0.39 is 35.4 Å². The van der Waals surface area contributed by atoms with Crippen LogP contribution in [-0.2, 0) is 26.7 Å². The van der Waals surface area contributed by atoms with Crippen LogP contribution in [0.4, 0.5) is 26.3 Å². The van der Waals surface area contributed by atoms with E-state index in [0.717, 1.165) is 16.8 Å². The SMILES string of the molecule is O=C(O)CCNN1C(=O)/C(=C/c2cc(-c3cc(C(F)(F)F)cc(C(F)(F)F)c3)ccc2OCCN2CCOCC2)SC1=S.